The minimum atomic E-state index is -0.297. The van der Waals surface area contributed by atoms with Crippen molar-refractivity contribution in [3.8, 4) is 5.69 Å². The third-order valence-electron chi connectivity index (χ3n) is 4.17. The Kier molecular flexibility index (Phi) is 4.17. The maximum atomic E-state index is 13.1. The number of carbonyl (C=O) groups excluding carboxylic acids is 1. The van der Waals surface area contributed by atoms with Crippen molar-refractivity contribution in [3.63, 3.8) is 0 Å². The van der Waals surface area contributed by atoms with Gasteiger partial charge in [0.2, 0.25) is 0 Å². The van der Waals surface area contributed by atoms with Gasteiger partial charge in [-0.15, -0.1) is 0 Å². The van der Waals surface area contributed by atoms with Gasteiger partial charge in [0.25, 0.3) is 5.91 Å². The topological polar surface area (TPSA) is 64.2 Å². The Balaban J connectivity index is 1.99. The summed E-state index contributed by atoms with van der Waals surface area (Å²) in [6.07, 6.45) is 2.43. The molecule has 23 heavy (non-hydrogen) atoms. The van der Waals surface area contributed by atoms with Crippen LogP contribution in [-0.2, 0) is 0 Å². The van der Waals surface area contributed by atoms with Crippen LogP contribution in [0, 0.1) is 5.82 Å². The van der Waals surface area contributed by atoms with Crippen molar-refractivity contribution in [1.82, 2.24) is 14.7 Å². The molecule has 2 heterocycles. The molecular formula is C17H21FN4O. The highest BCUT2D eigenvalue weighted by molar-refractivity contribution is 5.95. The van der Waals surface area contributed by atoms with Gasteiger partial charge >= 0.3 is 0 Å². The normalized spacial score (nSPS) is 18.0. The molecule has 2 aromatic rings. The highest BCUT2D eigenvalue weighted by atomic mass is 19.1. The molecule has 122 valence electrons. The zero-order valence-corrected chi connectivity index (χ0v) is 13.4. The number of hydrogen-bond donors (Lipinski definition) is 1. The van der Waals surface area contributed by atoms with Crippen LogP contribution in [0.4, 0.5) is 4.39 Å². The lowest BCUT2D eigenvalue weighted by Gasteiger charge is -2.18. The van der Waals surface area contributed by atoms with Crippen LogP contribution in [0.1, 0.15) is 42.2 Å². The van der Waals surface area contributed by atoms with Crippen LogP contribution in [-0.4, -0.2) is 39.7 Å². The number of aromatic nitrogens is 2. The van der Waals surface area contributed by atoms with Crippen molar-refractivity contribution in [1.29, 1.82) is 0 Å². The van der Waals surface area contributed by atoms with Crippen molar-refractivity contribution in [2.75, 3.05) is 13.1 Å². The molecule has 0 radical (unpaired) electrons. The van der Waals surface area contributed by atoms with Crippen LogP contribution in [0.2, 0.25) is 0 Å². The predicted molar refractivity (Wildman–Crippen MR) is 86.1 cm³/mol. The van der Waals surface area contributed by atoms with Crippen LogP contribution in [0.3, 0.4) is 0 Å². The standard InChI is InChI=1S/C17H21FN4O/c1-11(2)16-15(17(23)21-8-7-13(19)10-21)9-20-22(16)14-5-3-12(18)4-6-14/h3-6,9,11,13H,7-8,10,19H2,1-2H3/t13-/m1/s1. The van der Waals surface area contributed by atoms with Gasteiger partial charge in [-0.3, -0.25) is 4.79 Å². The quantitative estimate of drug-likeness (QED) is 0.945. The van der Waals surface area contributed by atoms with Gasteiger partial charge in [-0.2, -0.15) is 5.10 Å². The average Bonchev–Trinajstić information content (AvgIpc) is 3.13. The Morgan fingerprint density at radius 1 is 1.35 bits per heavy atom. The van der Waals surface area contributed by atoms with Gasteiger partial charge in [-0.25, -0.2) is 9.07 Å². The van der Waals surface area contributed by atoms with Crippen molar-refractivity contribution in [3.05, 3.63) is 47.5 Å². The summed E-state index contributed by atoms with van der Waals surface area (Å²) in [5, 5.41) is 4.36. The zero-order chi connectivity index (χ0) is 16.6. The van der Waals surface area contributed by atoms with Gasteiger partial charge in [0.15, 0.2) is 0 Å². The molecule has 1 aliphatic heterocycles. The molecule has 1 aromatic carbocycles. The SMILES string of the molecule is CC(C)c1c(C(=O)N2CC[C@@H](N)C2)cnn1-c1ccc(F)cc1. The van der Waals surface area contributed by atoms with Gasteiger partial charge in [-0.05, 0) is 36.6 Å². The predicted octanol–water partition coefficient (Wildman–Crippen LogP) is 2.31. The van der Waals surface area contributed by atoms with E-state index in [-0.39, 0.29) is 23.7 Å². The molecule has 6 heteroatoms. The van der Waals surface area contributed by atoms with Crippen LogP contribution in [0.5, 0.6) is 0 Å². The summed E-state index contributed by atoms with van der Waals surface area (Å²) in [6.45, 7) is 5.30. The summed E-state index contributed by atoms with van der Waals surface area (Å²) in [5.41, 5.74) is 8.07. The number of rotatable bonds is 3. The minimum Gasteiger partial charge on any atom is -0.337 e. The first-order valence-electron chi connectivity index (χ1n) is 7.86. The van der Waals surface area contributed by atoms with E-state index in [0.717, 1.165) is 17.8 Å². The van der Waals surface area contributed by atoms with Crippen molar-refractivity contribution in [2.24, 2.45) is 5.73 Å². The number of carbonyl (C=O) groups is 1. The lowest BCUT2D eigenvalue weighted by molar-refractivity contribution is 0.0789. The second kappa shape index (κ2) is 6.12. The maximum Gasteiger partial charge on any atom is 0.257 e. The summed E-state index contributed by atoms with van der Waals surface area (Å²) in [6, 6.07) is 6.15. The van der Waals surface area contributed by atoms with Gasteiger partial charge < -0.3 is 10.6 Å². The summed E-state index contributed by atoms with van der Waals surface area (Å²) in [7, 11) is 0. The van der Waals surface area contributed by atoms with Crippen LogP contribution in [0.25, 0.3) is 5.69 Å². The third kappa shape index (κ3) is 2.99. The zero-order valence-electron chi connectivity index (χ0n) is 13.4. The van der Waals surface area contributed by atoms with E-state index in [4.69, 9.17) is 5.73 Å². The average molecular weight is 316 g/mol. The lowest BCUT2D eigenvalue weighted by Crippen LogP contribution is -2.32. The maximum absolute atomic E-state index is 13.1. The van der Waals surface area contributed by atoms with Crippen molar-refractivity contribution >= 4 is 5.91 Å². The number of hydrogen-bond acceptors (Lipinski definition) is 3. The molecular weight excluding hydrogens is 295 g/mol. The van der Waals surface area contributed by atoms with Crippen LogP contribution in [0.15, 0.2) is 30.5 Å². The fourth-order valence-electron chi connectivity index (χ4n) is 3.01. The molecule has 1 aromatic heterocycles. The molecule has 0 unspecified atom stereocenters. The van der Waals surface area contributed by atoms with E-state index in [1.165, 1.54) is 12.1 Å². The summed E-state index contributed by atoms with van der Waals surface area (Å²) in [4.78, 5) is 14.6. The fourth-order valence-corrected chi connectivity index (χ4v) is 3.01. The van der Waals surface area contributed by atoms with E-state index in [1.807, 2.05) is 13.8 Å². The van der Waals surface area contributed by atoms with E-state index in [0.29, 0.717) is 18.7 Å². The van der Waals surface area contributed by atoms with Gasteiger partial charge in [0, 0.05) is 19.1 Å². The first-order chi connectivity index (χ1) is 11.0. The second-order valence-electron chi connectivity index (χ2n) is 6.29. The highest BCUT2D eigenvalue weighted by Crippen LogP contribution is 2.25. The summed E-state index contributed by atoms with van der Waals surface area (Å²) in [5.74, 6) is -0.220. The minimum absolute atomic E-state index is 0.0324. The number of halogens is 1. The van der Waals surface area contributed by atoms with Crippen molar-refractivity contribution in [2.45, 2.75) is 32.2 Å². The number of likely N-dealkylation sites (tertiary alicyclic amines) is 1. The molecule has 0 bridgehead atoms. The molecule has 0 aliphatic carbocycles. The van der Waals surface area contributed by atoms with Gasteiger partial charge in [-0.1, -0.05) is 13.8 Å². The molecule has 2 N–H and O–H groups in total. The van der Waals surface area contributed by atoms with Crippen LogP contribution >= 0.6 is 0 Å². The van der Waals surface area contributed by atoms with E-state index in [1.54, 1.807) is 27.9 Å². The van der Waals surface area contributed by atoms with E-state index < -0.39 is 0 Å². The molecule has 1 atom stereocenters. The first kappa shape index (κ1) is 15.7. The summed E-state index contributed by atoms with van der Waals surface area (Å²) < 4.78 is 14.8. The van der Waals surface area contributed by atoms with Gasteiger partial charge in [0.05, 0.1) is 23.1 Å². The Hall–Kier alpha value is -2.21. The molecule has 1 fully saturated rings. The Bertz CT molecular complexity index is 708. The largest absolute Gasteiger partial charge is 0.337 e. The number of amides is 1. The van der Waals surface area contributed by atoms with E-state index in [9.17, 15) is 9.18 Å². The number of nitrogens with two attached hydrogens (primary N) is 1. The number of benzene rings is 1. The van der Waals surface area contributed by atoms with E-state index in [2.05, 4.69) is 5.10 Å². The first-order valence-corrected chi connectivity index (χ1v) is 7.86. The molecule has 0 spiro atoms. The molecule has 5 nitrogen and oxygen atoms in total. The molecule has 1 saturated heterocycles. The Morgan fingerprint density at radius 2 is 2.04 bits per heavy atom. The Morgan fingerprint density at radius 3 is 2.61 bits per heavy atom. The number of nitrogens with zero attached hydrogens (tertiary/aromatic N) is 3. The Labute approximate surface area is 134 Å². The summed E-state index contributed by atoms with van der Waals surface area (Å²) >= 11 is 0. The highest BCUT2D eigenvalue weighted by Gasteiger charge is 2.29. The second-order valence-corrected chi connectivity index (χ2v) is 6.29. The third-order valence-corrected chi connectivity index (χ3v) is 4.17. The van der Waals surface area contributed by atoms with Crippen LogP contribution < -0.4 is 5.73 Å². The fraction of sp³-hybridized carbons (Fsp3) is 0.412. The van der Waals surface area contributed by atoms with E-state index >= 15 is 0 Å². The monoisotopic (exact) mass is 316 g/mol. The van der Waals surface area contributed by atoms with Crippen molar-refractivity contribution < 1.29 is 9.18 Å². The molecule has 1 aliphatic rings. The molecule has 0 saturated carbocycles. The molecule has 1 amide bonds. The lowest BCUT2D eigenvalue weighted by atomic mass is 10.0. The van der Waals surface area contributed by atoms with Gasteiger partial charge in [0.1, 0.15) is 5.82 Å². The molecule has 3 rings (SSSR count). The smallest absolute Gasteiger partial charge is 0.257 e.